The highest BCUT2D eigenvalue weighted by molar-refractivity contribution is 5.70. The molecule has 3 N–H and O–H groups in total. The average Bonchev–Trinajstić information content (AvgIpc) is 2.34. The first-order valence-electron chi connectivity index (χ1n) is 5.34. The number of rotatable bonds is 2. The molecule has 4 heteroatoms. The third-order valence-corrected chi connectivity index (χ3v) is 2.07. The van der Waals surface area contributed by atoms with Gasteiger partial charge < -0.3 is 10.8 Å². The highest BCUT2D eigenvalue weighted by Gasteiger charge is 1.96. The van der Waals surface area contributed by atoms with Crippen LogP contribution >= 0.6 is 0 Å². The summed E-state index contributed by atoms with van der Waals surface area (Å²) in [5.41, 5.74) is 6.69. The van der Waals surface area contributed by atoms with Gasteiger partial charge in [0.05, 0.1) is 6.42 Å². The number of nitrogens with two attached hydrogens (primary N) is 1. The zero-order chi connectivity index (χ0) is 13.4. The van der Waals surface area contributed by atoms with Gasteiger partial charge in [-0.05, 0) is 29.8 Å². The monoisotopic (exact) mass is 247 g/mol. The zero-order valence-electron chi connectivity index (χ0n) is 9.71. The van der Waals surface area contributed by atoms with E-state index in [4.69, 9.17) is 10.8 Å². The largest absolute Gasteiger partial charge is 0.481 e. The van der Waals surface area contributed by atoms with Gasteiger partial charge >= 0.3 is 5.97 Å². The van der Waals surface area contributed by atoms with Crippen molar-refractivity contribution in [3.05, 3.63) is 66.0 Å². The van der Waals surface area contributed by atoms with Gasteiger partial charge in [-0.3, -0.25) is 4.79 Å². The maximum absolute atomic E-state index is 12.0. The third kappa shape index (κ3) is 5.65. The molecule has 0 aliphatic rings. The Hall–Kier alpha value is -2.36. The molecule has 2 aromatic rings. The average molecular weight is 247 g/mol. The maximum Gasteiger partial charge on any atom is 0.307 e. The van der Waals surface area contributed by atoms with Gasteiger partial charge in [-0.25, -0.2) is 4.39 Å². The fourth-order valence-corrected chi connectivity index (χ4v) is 1.23. The predicted molar refractivity (Wildman–Crippen MR) is 68.6 cm³/mol. The number of aliphatic carboxylic acids is 1. The van der Waals surface area contributed by atoms with E-state index in [-0.39, 0.29) is 12.2 Å². The molecule has 0 aliphatic carbocycles. The number of carbonyl (C=O) groups is 1. The minimum absolute atomic E-state index is 0.112. The summed E-state index contributed by atoms with van der Waals surface area (Å²) in [4.78, 5) is 10.2. The number of hydrogen-bond acceptors (Lipinski definition) is 2. The molecule has 0 bridgehead atoms. The molecule has 0 radical (unpaired) electrons. The van der Waals surface area contributed by atoms with E-state index in [1.807, 2.05) is 18.2 Å². The van der Waals surface area contributed by atoms with Crippen LogP contribution in [0.4, 0.5) is 10.1 Å². The summed E-state index contributed by atoms with van der Waals surface area (Å²) in [7, 11) is 0. The molecule has 2 aromatic carbocycles. The SMILES string of the molecule is Nc1ccc(F)cc1.O=C(O)Cc1ccccc1. The van der Waals surface area contributed by atoms with Crippen molar-refractivity contribution in [1.29, 1.82) is 0 Å². The molecule has 3 nitrogen and oxygen atoms in total. The van der Waals surface area contributed by atoms with Gasteiger partial charge in [0, 0.05) is 5.69 Å². The quantitative estimate of drug-likeness (QED) is 0.802. The number of halogens is 1. The van der Waals surface area contributed by atoms with E-state index in [9.17, 15) is 9.18 Å². The lowest BCUT2D eigenvalue weighted by molar-refractivity contribution is -0.136. The molecule has 0 spiro atoms. The summed E-state index contributed by atoms with van der Waals surface area (Å²) in [6, 6.07) is 14.8. The molecule has 0 amide bonds. The van der Waals surface area contributed by atoms with Gasteiger partial charge in [-0.1, -0.05) is 30.3 Å². The molecule has 0 saturated heterocycles. The summed E-state index contributed by atoms with van der Waals surface area (Å²) >= 11 is 0. The summed E-state index contributed by atoms with van der Waals surface area (Å²) in [6.45, 7) is 0. The Bertz CT molecular complexity index is 462. The molecular weight excluding hydrogens is 233 g/mol. The van der Waals surface area contributed by atoms with Crippen molar-refractivity contribution in [3.63, 3.8) is 0 Å². The Labute approximate surface area is 105 Å². The third-order valence-electron chi connectivity index (χ3n) is 2.07. The van der Waals surface area contributed by atoms with Crippen molar-refractivity contribution >= 4 is 11.7 Å². The van der Waals surface area contributed by atoms with E-state index in [1.165, 1.54) is 24.3 Å². The Balaban J connectivity index is 0.000000184. The molecule has 0 fully saturated rings. The maximum atomic E-state index is 12.0. The smallest absolute Gasteiger partial charge is 0.307 e. The highest BCUT2D eigenvalue weighted by atomic mass is 19.1. The van der Waals surface area contributed by atoms with Crippen molar-refractivity contribution < 1.29 is 14.3 Å². The van der Waals surface area contributed by atoms with Crippen LogP contribution in [-0.2, 0) is 11.2 Å². The van der Waals surface area contributed by atoms with Gasteiger partial charge in [0.1, 0.15) is 5.82 Å². The summed E-state index contributed by atoms with van der Waals surface area (Å²) in [5, 5.41) is 8.37. The van der Waals surface area contributed by atoms with Crippen LogP contribution in [0.2, 0.25) is 0 Å². The minimum Gasteiger partial charge on any atom is -0.481 e. The summed E-state index contributed by atoms with van der Waals surface area (Å²) in [6.07, 6.45) is 0.112. The fourth-order valence-electron chi connectivity index (χ4n) is 1.23. The minimum atomic E-state index is -0.786. The first-order valence-corrected chi connectivity index (χ1v) is 5.34. The normalized spacial score (nSPS) is 9.17. The predicted octanol–water partition coefficient (Wildman–Crippen LogP) is 2.72. The van der Waals surface area contributed by atoms with E-state index >= 15 is 0 Å². The number of benzene rings is 2. The zero-order valence-corrected chi connectivity index (χ0v) is 9.71. The number of hydrogen-bond donors (Lipinski definition) is 2. The Morgan fingerprint density at radius 3 is 2.06 bits per heavy atom. The number of anilines is 1. The van der Waals surface area contributed by atoms with Crippen LogP contribution < -0.4 is 5.73 Å². The second kappa shape index (κ2) is 7.06. The summed E-state index contributed by atoms with van der Waals surface area (Å²) < 4.78 is 12.0. The number of nitrogen functional groups attached to an aromatic ring is 1. The van der Waals surface area contributed by atoms with Crippen LogP contribution in [0, 0.1) is 5.82 Å². The van der Waals surface area contributed by atoms with Crippen LogP contribution in [0.5, 0.6) is 0 Å². The highest BCUT2D eigenvalue weighted by Crippen LogP contribution is 2.01. The van der Waals surface area contributed by atoms with Gasteiger partial charge in [-0.2, -0.15) is 0 Å². The van der Waals surface area contributed by atoms with Crippen LogP contribution in [-0.4, -0.2) is 11.1 Å². The Kier molecular flexibility index (Phi) is 5.38. The topological polar surface area (TPSA) is 63.3 Å². The molecule has 0 saturated carbocycles. The molecular formula is C14H14FNO2. The Morgan fingerprint density at radius 1 is 1.06 bits per heavy atom. The van der Waals surface area contributed by atoms with E-state index in [1.54, 1.807) is 12.1 Å². The van der Waals surface area contributed by atoms with E-state index in [2.05, 4.69) is 0 Å². The van der Waals surface area contributed by atoms with E-state index < -0.39 is 5.97 Å². The standard InChI is InChI=1S/C8H8O2.C6H6FN/c9-8(10)6-7-4-2-1-3-5-7;7-5-1-3-6(8)4-2-5/h1-5H,6H2,(H,9,10);1-4H,8H2. The Morgan fingerprint density at radius 2 is 1.61 bits per heavy atom. The number of carboxylic acids is 1. The molecule has 0 unspecified atom stereocenters. The van der Waals surface area contributed by atoms with Crippen molar-refractivity contribution in [2.45, 2.75) is 6.42 Å². The first kappa shape index (κ1) is 13.7. The molecule has 0 heterocycles. The van der Waals surface area contributed by atoms with Crippen molar-refractivity contribution in [3.8, 4) is 0 Å². The molecule has 18 heavy (non-hydrogen) atoms. The molecule has 0 aliphatic heterocycles. The van der Waals surface area contributed by atoms with E-state index in [0.717, 1.165) is 5.56 Å². The number of carboxylic acid groups (broad SMARTS) is 1. The summed E-state index contributed by atoms with van der Waals surface area (Å²) in [5.74, 6) is -1.04. The van der Waals surface area contributed by atoms with Crippen molar-refractivity contribution in [2.75, 3.05) is 5.73 Å². The lowest BCUT2D eigenvalue weighted by Gasteiger charge is -1.92. The fraction of sp³-hybridized carbons (Fsp3) is 0.0714. The lowest BCUT2D eigenvalue weighted by atomic mass is 10.2. The van der Waals surface area contributed by atoms with Crippen LogP contribution in [0.15, 0.2) is 54.6 Å². The van der Waals surface area contributed by atoms with Gasteiger partial charge in [-0.15, -0.1) is 0 Å². The van der Waals surface area contributed by atoms with E-state index in [0.29, 0.717) is 5.69 Å². The second-order valence-corrected chi connectivity index (χ2v) is 3.61. The van der Waals surface area contributed by atoms with Crippen LogP contribution in [0.3, 0.4) is 0 Å². The van der Waals surface area contributed by atoms with Crippen molar-refractivity contribution in [1.82, 2.24) is 0 Å². The second-order valence-electron chi connectivity index (χ2n) is 3.61. The molecule has 94 valence electrons. The van der Waals surface area contributed by atoms with Gasteiger partial charge in [0.15, 0.2) is 0 Å². The lowest BCUT2D eigenvalue weighted by Crippen LogP contribution is -1.98. The van der Waals surface area contributed by atoms with Crippen LogP contribution in [0.1, 0.15) is 5.56 Å². The molecule has 0 aromatic heterocycles. The first-order chi connectivity index (χ1) is 8.58. The molecule has 0 atom stereocenters. The van der Waals surface area contributed by atoms with Crippen molar-refractivity contribution in [2.24, 2.45) is 0 Å². The molecule has 2 rings (SSSR count). The van der Waals surface area contributed by atoms with Crippen LogP contribution in [0.25, 0.3) is 0 Å². The van der Waals surface area contributed by atoms with Gasteiger partial charge in [0.25, 0.3) is 0 Å². The van der Waals surface area contributed by atoms with Gasteiger partial charge in [0.2, 0.25) is 0 Å².